The van der Waals surface area contributed by atoms with Crippen LogP contribution in [0.3, 0.4) is 0 Å². The molecule has 0 saturated carbocycles. The van der Waals surface area contributed by atoms with Crippen molar-refractivity contribution in [1.82, 2.24) is 19.4 Å². The molecule has 8 nitrogen and oxygen atoms in total. The van der Waals surface area contributed by atoms with Crippen LogP contribution in [0.15, 0.2) is 30.5 Å². The SMILES string of the molecule is COc1ccc2c(c1)cc(C(=O)N1CCC3(CC1)OCCc1cnc(N)nc13)n2C. The number of aromatic nitrogens is 3. The van der Waals surface area contributed by atoms with Crippen molar-refractivity contribution in [2.24, 2.45) is 7.05 Å². The van der Waals surface area contributed by atoms with E-state index in [1.54, 1.807) is 7.11 Å². The summed E-state index contributed by atoms with van der Waals surface area (Å²) in [6.07, 6.45) is 3.99. The van der Waals surface area contributed by atoms with Crippen LogP contribution >= 0.6 is 0 Å². The van der Waals surface area contributed by atoms with Crippen LogP contribution in [0.5, 0.6) is 5.75 Å². The molecular weight excluding hydrogens is 382 g/mol. The maximum Gasteiger partial charge on any atom is 0.270 e. The predicted octanol–water partition coefficient (Wildman–Crippen LogP) is 2.26. The van der Waals surface area contributed by atoms with E-state index < -0.39 is 5.60 Å². The molecule has 0 unspecified atom stereocenters. The molecule has 1 amide bonds. The number of amides is 1. The van der Waals surface area contributed by atoms with Crippen molar-refractivity contribution in [3.63, 3.8) is 0 Å². The highest BCUT2D eigenvalue weighted by atomic mass is 16.5. The third kappa shape index (κ3) is 2.90. The monoisotopic (exact) mass is 407 g/mol. The molecule has 30 heavy (non-hydrogen) atoms. The molecule has 4 heterocycles. The lowest BCUT2D eigenvalue weighted by Crippen LogP contribution is -2.49. The van der Waals surface area contributed by atoms with Crippen molar-refractivity contribution < 1.29 is 14.3 Å². The second kappa shape index (κ2) is 6.98. The standard InChI is InChI=1S/C22H25N5O3/c1-26-17-4-3-16(29-2)11-15(17)12-18(26)20(28)27-8-6-22(7-9-27)19-14(5-10-30-22)13-24-21(23)25-19/h3-4,11-13H,5-10H2,1-2H3,(H2,23,24,25). The van der Waals surface area contributed by atoms with Gasteiger partial charge in [0.15, 0.2) is 0 Å². The second-order valence-electron chi connectivity index (χ2n) is 8.00. The van der Waals surface area contributed by atoms with Crippen LogP contribution in [0.25, 0.3) is 10.9 Å². The molecule has 1 aromatic carbocycles. The first-order valence-corrected chi connectivity index (χ1v) is 10.2. The molecule has 8 heteroatoms. The third-order valence-electron chi connectivity index (χ3n) is 6.39. The summed E-state index contributed by atoms with van der Waals surface area (Å²) in [5, 5.41) is 0.991. The minimum Gasteiger partial charge on any atom is -0.497 e. The summed E-state index contributed by atoms with van der Waals surface area (Å²) in [7, 11) is 3.57. The van der Waals surface area contributed by atoms with Gasteiger partial charge in [0, 0.05) is 37.2 Å². The van der Waals surface area contributed by atoms with Gasteiger partial charge < -0.3 is 24.7 Å². The molecule has 156 valence electrons. The van der Waals surface area contributed by atoms with Gasteiger partial charge in [-0.25, -0.2) is 9.97 Å². The average molecular weight is 407 g/mol. The summed E-state index contributed by atoms with van der Waals surface area (Å²) < 4.78 is 13.5. The maximum atomic E-state index is 13.3. The van der Waals surface area contributed by atoms with Gasteiger partial charge in [-0.1, -0.05) is 0 Å². The lowest BCUT2D eigenvalue weighted by Gasteiger charge is -2.44. The lowest BCUT2D eigenvalue weighted by atomic mass is 9.83. The molecule has 2 aromatic heterocycles. The molecule has 0 aliphatic carbocycles. The number of hydrogen-bond acceptors (Lipinski definition) is 6. The first kappa shape index (κ1) is 18.9. The lowest BCUT2D eigenvalue weighted by molar-refractivity contribution is -0.0967. The summed E-state index contributed by atoms with van der Waals surface area (Å²) in [6.45, 7) is 1.85. The number of likely N-dealkylation sites (tertiary alicyclic amines) is 1. The number of carbonyl (C=O) groups is 1. The summed E-state index contributed by atoms with van der Waals surface area (Å²) >= 11 is 0. The zero-order valence-corrected chi connectivity index (χ0v) is 17.2. The summed E-state index contributed by atoms with van der Waals surface area (Å²) in [5.41, 5.74) is 9.03. The fourth-order valence-electron chi connectivity index (χ4n) is 4.70. The Morgan fingerprint density at radius 3 is 2.83 bits per heavy atom. The Hall–Kier alpha value is -3.13. The van der Waals surface area contributed by atoms with E-state index in [0.29, 0.717) is 38.2 Å². The number of benzene rings is 1. The Labute approximate surface area is 174 Å². The van der Waals surface area contributed by atoms with Gasteiger partial charge in [0.2, 0.25) is 5.95 Å². The highest BCUT2D eigenvalue weighted by molar-refractivity contribution is 5.99. The summed E-state index contributed by atoms with van der Waals surface area (Å²) in [6, 6.07) is 7.78. The van der Waals surface area contributed by atoms with Crippen molar-refractivity contribution in [3.05, 3.63) is 47.4 Å². The Morgan fingerprint density at radius 2 is 2.07 bits per heavy atom. The van der Waals surface area contributed by atoms with Gasteiger partial charge in [-0.2, -0.15) is 0 Å². The smallest absolute Gasteiger partial charge is 0.270 e. The van der Waals surface area contributed by atoms with E-state index in [0.717, 1.165) is 34.3 Å². The number of anilines is 1. The number of ether oxygens (including phenoxy) is 2. The second-order valence-corrected chi connectivity index (χ2v) is 8.00. The summed E-state index contributed by atoms with van der Waals surface area (Å²) in [4.78, 5) is 23.8. The molecular formula is C22H25N5O3. The molecule has 0 bridgehead atoms. The Kier molecular flexibility index (Phi) is 4.39. The fourth-order valence-corrected chi connectivity index (χ4v) is 4.70. The minimum absolute atomic E-state index is 0.0285. The van der Waals surface area contributed by atoms with E-state index in [9.17, 15) is 4.79 Å². The van der Waals surface area contributed by atoms with Crippen LogP contribution in [0.2, 0.25) is 0 Å². The molecule has 2 aliphatic heterocycles. The van der Waals surface area contributed by atoms with E-state index in [2.05, 4.69) is 9.97 Å². The number of nitrogens with zero attached hydrogens (tertiary/aromatic N) is 4. The number of rotatable bonds is 2. The average Bonchev–Trinajstić information content (AvgIpc) is 3.10. The molecule has 2 aliphatic rings. The van der Waals surface area contributed by atoms with Crippen molar-refractivity contribution in [3.8, 4) is 5.75 Å². The van der Waals surface area contributed by atoms with Gasteiger partial charge >= 0.3 is 0 Å². The number of piperidine rings is 1. The number of aryl methyl sites for hydroxylation is 1. The van der Waals surface area contributed by atoms with E-state index in [1.165, 1.54) is 0 Å². The first-order valence-electron chi connectivity index (χ1n) is 10.2. The van der Waals surface area contributed by atoms with Crippen molar-refractivity contribution >= 4 is 22.8 Å². The zero-order chi connectivity index (χ0) is 20.9. The molecule has 1 fully saturated rings. The van der Waals surface area contributed by atoms with Crippen LogP contribution in [-0.2, 0) is 23.8 Å². The molecule has 1 saturated heterocycles. The van der Waals surface area contributed by atoms with Crippen LogP contribution in [0, 0.1) is 0 Å². The highest BCUT2D eigenvalue weighted by Crippen LogP contribution is 2.40. The number of nitrogen functional groups attached to an aromatic ring is 1. The quantitative estimate of drug-likeness (QED) is 0.700. The van der Waals surface area contributed by atoms with Crippen molar-refractivity contribution in [2.75, 3.05) is 32.5 Å². The van der Waals surface area contributed by atoms with Gasteiger partial charge in [-0.05, 0) is 49.1 Å². The van der Waals surface area contributed by atoms with Crippen LogP contribution in [0.4, 0.5) is 5.95 Å². The first-order chi connectivity index (χ1) is 14.5. The number of methoxy groups -OCH3 is 1. The Morgan fingerprint density at radius 1 is 1.27 bits per heavy atom. The predicted molar refractivity (Wildman–Crippen MR) is 112 cm³/mol. The zero-order valence-electron chi connectivity index (χ0n) is 17.2. The Bertz CT molecular complexity index is 1130. The highest BCUT2D eigenvalue weighted by Gasteiger charge is 2.43. The van der Waals surface area contributed by atoms with E-state index in [4.69, 9.17) is 15.2 Å². The topological polar surface area (TPSA) is 95.5 Å². The van der Waals surface area contributed by atoms with Crippen LogP contribution in [0.1, 0.15) is 34.6 Å². The molecule has 2 N–H and O–H groups in total. The number of nitrogens with two attached hydrogens (primary N) is 1. The van der Waals surface area contributed by atoms with Gasteiger partial charge in [0.25, 0.3) is 5.91 Å². The summed E-state index contributed by atoms with van der Waals surface area (Å²) in [5.74, 6) is 1.07. The van der Waals surface area contributed by atoms with Crippen LogP contribution < -0.4 is 10.5 Å². The minimum atomic E-state index is -0.478. The normalized spacial score (nSPS) is 17.9. The van der Waals surface area contributed by atoms with Crippen molar-refractivity contribution in [1.29, 1.82) is 0 Å². The molecule has 1 spiro atoms. The third-order valence-corrected chi connectivity index (χ3v) is 6.39. The van der Waals surface area contributed by atoms with Gasteiger partial charge in [-0.15, -0.1) is 0 Å². The number of carbonyl (C=O) groups excluding carboxylic acids is 1. The molecule has 3 aromatic rings. The molecule has 5 rings (SSSR count). The maximum absolute atomic E-state index is 13.3. The van der Waals surface area contributed by atoms with Gasteiger partial charge in [0.1, 0.15) is 17.0 Å². The molecule has 0 radical (unpaired) electrons. The number of hydrogen-bond donors (Lipinski definition) is 1. The Balaban J connectivity index is 1.39. The van der Waals surface area contributed by atoms with Gasteiger partial charge in [0.05, 0.1) is 19.4 Å². The van der Waals surface area contributed by atoms with E-state index in [-0.39, 0.29) is 11.9 Å². The van der Waals surface area contributed by atoms with Crippen molar-refractivity contribution in [2.45, 2.75) is 24.9 Å². The van der Waals surface area contributed by atoms with Crippen LogP contribution in [-0.4, -0.2) is 52.1 Å². The van der Waals surface area contributed by atoms with E-state index >= 15 is 0 Å². The molecule has 0 atom stereocenters. The van der Waals surface area contributed by atoms with E-state index in [1.807, 2.05) is 47.0 Å². The largest absolute Gasteiger partial charge is 0.497 e. The number of fused-ring (bicyclic) bond motifs is 3. The van der Waals surface area contributed by atoms with Gasteiger partial charge in [-0.3, -0.25) is 4.79 Å². The fraction of sp³-hybridized carbons (Fsp3) is 0.409.